The van der Waals surface area contributed by atoms with Gasteiger partial charge in [-0.15, -0.1) is 0 Å². The number of pyridine rings is 1. The molecule has 0 aliphatic rings. The average Bonchev–Trinajstić information content (AvgIpc) is 3.03. The second-order valence-electron chi connectivity index (χ2n) is 4.55. The monoisotopic (exact) mass is 275 g/mol. The fourth-order valence-corrected chi connectivity index (χ4v) is 2.07. The van der Waals surface area contributed by atoms with Crippen LogP contribution in [0.15, 0.2) is 55.0 Å². The molecule has 0 saturated carbocycles. The third kappa shape index (κ3) is 2.90. The van der Waals surface area contributed by atoms with Crippen LogP contribution in [-0.4, -0.2) is 15.2 Å². The lowest BCUT2D eigenvalue weighted by atomic mass is 10.1. The minimum atomic E-state index is 0.645. The van der Waals surface area contributed by atoms with Crippen molar-refractivity contribution in [1.29, 1.82) is 5.26 Å². The van der Waals surface area contributed by atoms with Crippen LogP contribution in [0.5, 0.6) is 0 Å². The number of H-pyrrole nitrogens is 1. The topological polar surface area (TPSA) is 77.4 Å². The van der Waals surface area contributed by atoms with Gasteiger partial charge in [0.25, 0.3) is 0 Å². The highest BCUT2D eigenvalue weighted by Gasteiger charge is 2.07. The summed E-state index contributed by atoms with van der Waals surface area (Å²) in [7, 11) is 0. The van der Waals surface area contributed by atoms with Crippen LogP contribution in [0.2, 0.25) is 0 Å². The van der Waals surface area contributed by atoms with Crippen LogP contribution < -0.4 is 5.32 Å². The van der Waals surface area contributed by atoms with E-state index in [0.717, 1.165) is 22.5 Å². The van der Waals surface area contributed by atoms with Crippen molar-refractivity contribution in [3.05, 3.63) is 66.1 Å². The molecule has 0 fully saturated rings. The summed E-state index contributed by atoms with van der Waals surface area (Å²) in [5.41, 5.74) is 4.65. The molecule has 0 atom stereocenters. The molecule has 0 unspecified atom stereocenters. The van der Waals surface area contributed by atoms with Gasteiger partial charge >= 0.3 is 0 Å². The van der Waals surface area contributed by atoms with Crippen LogP contribution in [0.25, 0.3) is 11.3 Å². The van der Waals surface area contributed by atoms with E-state index in [9.17, 15) is 0 Å². The van der Waals surface area contributed by atoms with Crippen molar-refractivity contribution in [2.75, 3.05) is 5.32 Å². The van der Waals surface area contributed by atoms with Gasteiger partial charge in [0.1, 0.15) is 0 Å². The minimum Gasteiger partial charge on any atom is -0.381 e. The second-order valence-corrected chi connectivity index (χ2v) is 4.55. The highest BCUT2D eigenvalue weighted by Crippen LogP contribution is 2.21. The van der Waals surface area contributed by atoms with Gasteiger partial charge in [-0.3, -0.25) is 10.1 Å². The summed E-state index contributed by atoms with van der Waals surface area (Å²) < 4.78 is 0. The summed E-state index contributed by atoms with van der Waals surface area (Å²) >= 11 is 0. The number of aromatic amines is 1. The zero-order valence-electron chi connectivity index (χ0n) is 11.2. The van der Waals surface area contributed by atoms with Crippen LogP contribution in [0.1, 0.15) is 11.1 Å². The highest BCUT2D eigenvalue weighted by molar-refractivity contribution is 5.62. The Hall–Kier alpha value is -3.13. The Bertz CT molecular complexity index is 753. The quantitative estimate of drug-likeness (QED) is 0.767. The fraction of sp³-hybridized carbons (Fsp3) is 0.0625. The molecule has 1 aromatic carbocycles. The number of rotatable bonds is 4. The first-order chi connectivity index (χ1) is 10.4. The van der Waals surface area contributed by atoms with Crippen molar-refractivity contribution in [2.24, 2.45) is 0 Å². The van der Waals surface area contributed by atoms with Crippen molar-refractivity contribution in [2.45, 2.75) is 6.54 Å². The van der Waals surface area contributed by atoms with Crippen LogP contribution in [0, 0.1) is 11.3 Å². The highest BCUT2D eigenvalue weighted by atomic mass is 15.1. The predicted octanol–water partition coefficient (Wildman–Crippen LogP) is 2.96. The molecule has 0 aliphatic carbocycles. The average molecular weight is 275 g/mol. The third-order valence-electron chi connectivity index (χ3n) is 3.17. The smallest absolute Gasteiger partial charge is 0.0991 e. The number of aromatic nitrogens is 3. The molecule has 2 N–H and O–H groups in total. The molecule has 21 heavy (non-hydrogen) atoms. The SMILES string of the molecule is N#Cc1ccc(NCc2cn[nH]c2-c2cccnc2)cc1. The molecule has 0 amide bonds. The zero-order valence-corrected chi connectivity index (χ0v) is 11.2. The molecule has 5 heteroatoms. The summed E-state index contributed by atoms with van der Waals surface area (Å²) in [6, 6.07) is 13.4. The second kappa shape index (κ2) is 5.88. The Morgan fingerprint density at radius 1 is 1.14 bits per heavy atom. The third-order valence-corrected chi connectivity index (χ3v) is 3.17. The molecule has 102 valence electrons. The molecular formula is C16H13N5. The van der Waals surface area contributed by atoms with Gasteiger partial charge in [-0.25, -0.2) is 0 Å². The van der Waals surface area contributed by atoms with E-state index in [1.807, 2.05) is 24.3 Å². The van der Waals surface area contributed by atoms with Crippen molar-refractivity contribution in [3.63, 3.8) is 0 Å². The number of nitriles is 1. The zero-order chi connectivity index (χ0) is 14.5. The molecule has 5 nitrogen and oxygen atoms in total. The van der Waals surface area contributed by atoms with E-state index in [4.69, 9.17) is 5.26 Å². The Morgan fingerprint density at radius 2 is 2.00 bits per heavy atom. The summed E-state index contributed by atoms with van der Waals surface area (Å²) in [4.78, 5) is 4.12. The number of anilines is 1. The lowest BCUT2D eigenvalue weighted by molar-refractivity contribution is 1.09. The number of nitrogens with zero attached hydrogens (tertiary/aromatic N) is 3. The van der Waals surface area contributed by atoms with E-state index in [0.29, 0.717) is 12.1 Å². The van der Waals surface area contributed by atoms with E-state index >= 15 is 0 Å². The van der Waals surface area contributed by atoms with Crippen molar-refractivity contribution >= 4 is 5.69 Å². The van der Waals surface area contributed by atoms with Gasteiger partial charge in [0, 0.05) is 35.8 Å². The lowest BCUT2D eigenvalue weighted by Gasteiger charge is -2.07. The van der Waals surface area contributed by atoms with Gasteiger partial charge in [-0.2, -0.15) is 10.4 Å². The summed E-state index contributed by atoms with van der Waals surface area (Å²) in [6.45, 7) is 0.645. The normalized spacial score (nSPS) is 10.0. The maximum absolute atomic E-state index is 8.78. The molecule has 0 aliphatic heterocycles. The Balaban J connectivity index is 1.74. The molecule has 0 radical (unpaired) electrons. The Morgan fingerprint density at radius 3 is 2.71 bits per heavy atom. The van der Waals surface area contributed by atoms with E-state index in [2.05, 4.69) is 26.6 Å². The first-order valence-electron chi connectivity index (χ1n) is 6.53. The number of hydrogen-bond donors (Lipinski definition) is 2. The Kier molecular flexibility index (Phi) is 3.61. The molecule has 0 bridgehead atoms. The fourth-order valence-electron chi connectivity index (χ4n) is 2.07. The standard InChI is InChI=1S/C16H13N5/c17-8-12-3-5-15(6-4-12)19-10-14-11-20-21-16(14)13-2-1-7-18-9-13/h1-7,9,11,19H,10H2,(H,20,21). The van der Waals surface area contributed by atoms with Gasteiger partial charge < -0.3 is 5.32 Å². The Labute approximate surface area is 122 Å². The number of hydrogen-bond acceptors (Lipinski definition) is 4. The first kappa shape index (κ1) is 12.9. The van der Waals surface area contributed by atoms with Gasteiger partial charge in [0.2, 0.25) is 0 Å². The summed E-state index contributed by atoms with van der Waals surface area (Å²) in [5.74, 6) is 0. The summed E-state index contributed by atoms with van der Waals surface area (Å²) in [6.07, 6.45) is 5.35. The summed E-state index contributed by atoms with van der Waals surface area (Å²) in [5, 5.41) is 19.2. The molecule has 3 aromatic rings. The maximum atomic E-state index is 8.78. The van der Waals surface area contributed by atoms with Crippen LogP contribution in [0.3, 0.4) is 0 Å². The minimum absolute atomic E-state index is 0.645. The molecule has 0 spiro atoms. The lowest BCUT2D eigenvalue weighted by Crippen LogP contribution is -2.00. The van der Waals surface area contributed by atoms with Crippen LogP contribution in [-0.2, 0) is 6.54 Å². The number of benzene rings is 1. The van der Waals surface area contributed by atoms with E-state index in [1.165, 1.54) is 0 Å². The van der Waals surface area contributed by atoms with Crippen LogP contribution >= 0.6 is 0 Å². The molecule has 2 aromatic heterocycles. The van der Waals surface area contributed by atoms with Gasteiger partial charge in [0.05, 0.1) is 23.5 Å². The van der Waals surface area contributed by atoms with Crippen molar-refractivity contribution in [3.8, 4) is 17.3 Å². The van der Waals surface area contributed by atoms with Crippen molar-refractivity contribution in [1.82, 2.24) is 15.2 Å². The van der Waals surface area contributed by atoms with Crippen molar-refractivity contribution < 1.29 is 0 Å². The first-order valence-corrected chi connectivity index (χ1v) is 6.53. The molecule has 3 rings (SSSR count). The van der Waals surface area contributed by atoms with Gasteiger partial charge in [-0.05, 0) is 36.4 Å². The largest absolute Gasteiger partial charge is 0.381 e. The molecule has 2 heterocycles. The van der Waals surface area contributed by atoms with Gasteiger partial charge in [0.15, 0.2) is 0 Å². The number of nitrogens with one attached hydrogen (secondary N) is 2. The van der Waals surface area contributed by atoms with E-state index in [-0.39, 0.29) is 0 Å². The molecular weight excluding hydrogens is 262 g/mol. The van der Waals surface area contributed by atoms with E-state index in [1.54, 1.807) is 30.7 Å². The van der Waals surface area contributed by atoms with Crippen LogP contribution in [0.4, 0.5) is 5.69 Å². The van der Waals surface area contributed by atoms with E-state index < -0.39 is 0 Å². The maximum Gasteiger partial charge on any atom is 0.0991 e. The van der Waals surface area contributed by atoms with Gasteiger partial charge in [-0.1, -0.05) is 0 Å². The predicted molar refractivity (Wildman–Crippen MR) is 80.3 cm³/mol. The molecule has 0 saturated heterocycles.